The molecule has 6 nitrogen and oxygen atoms in total. The fourth-order valence-electron chi connectivity index (χ4n) is 4.05. The first-order valence-corrected chi connectivity index (χ1v) is 12.0. The van der Waals surface area contributed by atoms with E-state index >= 15 is 0 Å². The minimum Gasteiger partial charge on any atom is -0.453 e. The summed E-state index contributed by atoms with van der Waals surface area (Å²) >= 11 is 1.45. The summed E-state index contributed by atoms with van der Waals surface area (Å²) in [6, 6.07) is 20.1. The first kappa shape index (κ1) is 20.8. The van der Waals surface area contributed by atoms with Crippen LogP contribution >= 0.6 is 11.8 Å². The first-order chi connectivity index (χ1) is 15.7. The molecule has 1 fully saturated rings. The number of thioether (sulfide) groups is 1. The number of carbonyl (C=O) groups is 1. The van der Waals surface area contributed by atoms with Gasteiger partial charge in [0.15, 0.2) is 10.9 Å². The molecule has 0 bridgehead atoms. The van der Waals surface area contributed by atoms with Crippen molar-refractivity contribution in [2.45, 2.75) is 31.5 Å². The van der Waals surface area contributed by atoms with E-state index in [1.807, 2.05) is 58.0 Å². The number of para-hydroxylation sites is 1. The van der Waals surface area contributed by atoms with Crippen LogP contribution in [0.25, 0.3) is 22.6 Å². The highest BCUT2D eigenvalue weighted by Gasteiger charge is 2.23. The van der Waals surface area contributed by atoms with Crippen molar-refractivity contribution < 1.29 is 9.21 Å². The maximum Gasteiger partial charge on any atom is 0.233 e. The van der Waals surface area contributed by atoms with Crippen LogP contribution in [0.3, 0.4) is 0 Å². The average Bonchev–Trinajstić information content (AvgIpc) is 3.42. The first-order valence-electron chi connectivity index (χ1n) is 11.0. The molecule has 0 radical (unpaired) electrons. The van der Waals surface area contributed by atoms with E-state index < -0.39 is 0 Å². The molecule has 3 heterocycles. The molecule has 4 aromatic rings. The monoisotopic (exact) mass is 446 g/mol. The van der Waals surface area contributed by atoms with Crippen molar-refractivity contribution in [3.8, 4) is 11.6 Å². The molecule has 1 amide bonds. The van der Waals surface area contributed by atoms with Gasteiger partial charge in [0.05, 0.1) is 12.3 Å². The number of rotatable bonds is 6. The van der Waals surface area contributed by atoms with Crippen LogP contribution in [-0.2, 0) is 11.3 Å². The summed E-state index contributed by atoms with van der Waals surface area (Å²) in [4.78, 5) is 14.7. The molecule has 1 aliphatic rings. The van der Waals surface area contributed by atoms with Crippen LogP contribution in [0.5, 0.6) is 0 Å². The molecule has 0 saturated carbocycles. The quantitative estimate of drug-likeness (QED) is 0.386. The summed E-state index contributed by atoms with van der Waals surface area (Å²) in [5, 5.41) is 10.6. The number of amides is 1. The van der Waals surface area contributed by atoms with Crippen LogP contribution in [0.15, 0.2) is 70.2 Å². The zero-order chi connectivity index (χ0) is 21.9. The van der Waals surface area contributed by atoms with Crippen molar-refractivity contribution in [3.63, 3.8) is 0 Å². The van der Waals surface area contributed by atoms with E-state index in [9.17, 15) is 4.79 Å². The second-order valence-electron chi connectivity index (χ2n) is 8.38. The Morgan fingerprint density at radius 2 is 1.81 bits per heavy atom. The van der Waals surface area contributed by atoms with Gasteiger partial charge in [-0.3, -0.25) is 9.36 Å². The van der Waals surface area contributed by atoms with Gasteiger partial charge in [-0.15, -0.1) is 10.2 Å². The normalized spacial score (nSPS) is 14.8. The third-order valence-electron chi connectivity index (χ3n) is 6.01. The van der Waals surface area contributed by atoms with Gasteiger partial charge in [-0.2, -0.15) is 0 Å². The van der Waals surface area contributed by atoms with Crippen LogP contribution in [0, 0.1) is 5.92 Å². The molecule has 2 aromatic heterocycles. The summed E-state index contributed by atoms with van der Waals surface area (Å²) in [5.41, 5.74) is 1.96. The van der Waals surface area contributed by atoms with Crippen molar-refractivity contribution in [1.29, 1.82) is 0 Å². The van der Waals surface area contributed by atoms with Gasteiger partial charge in [-0.25, -0.2) is 0 Å². The Morgan fingerprint density at radius 3 is 2.59 bits per heavy atom. The summed E-state index contributed by atoms with van der Waals surface area (Å²) in [6.07, 6.45) is 2.16. The molecule has 0 aliphatic carbocycles. The topological polar surface area (TPSA) is 64.2 Å². The van der Waals surface area contributed by atoms with Gasteiger partial charge in [0.1, 0.15) is 5.58 Å². The molecule has 32 heavy (non-hydrogen) atoms. The van der Waals surface area contributed by atoms with Crippen molar-refractivity contribution in [1.82, 2.24) is 19.7 Å². The number of piperidine rings is 1. The van der Waals surface area contributed by atoms with Gasteiger partial charge < -0.3 is 9.32 Å². The summed E-state index contributed by atoms with van der Waals surface area (Å²) in [7, 11) is 0. The lowest BCUT2D eigenvalue weighted by Crippen LogP contribution is -2.38. The van der Waals surface area contributed by atoms with Crippen LogP contribution in [-0.4, -0.2) is 44.4 Å². The Hall–Kier alpha value is -3.06. The number of hydrogen-bond acceptors (Lipinski definition) is 5. The van der Waals surface area contributed by atoms with Gasteiger partial charge >= 0.3 is 0 Å². The lowest BCUT2D eigenvalue weighted by atomic mass is 9.99. The highest BCUT2D eigenvalue weighted by atomic mass is 32.2. The fourth-order valence-corrected chi connectivity index (χ4v) is 4.89. The number of aromatic nitrogens is 3. The fraction of sp³-hybridized carbons (Fsp3) is 0.320. The minimum atomic E-state index is 0.168. The van der Waals surface area contributed by atoms with Gasteiger partial charge in [0.2, 0.25) is 11.7 Å². The summed E-state index contributed by atoms with van der Waals surface area (Å²) in [5.74, 6) is 2.58. The van der Waals surface area contributed by atoms with Crippen LogP contribution in [0.4, 0.5) is 0 Å². The lowest BCUT2D eigenvalue weighted by Gasteiger charge is -2.30. The SMILES string of the molecule is CC1CCN(C(=O)CSc2nnc(-c3cc4ccccc4o3)n2Cc2ccccc2)CC1. The number of fused-ring (bicyclic) bond motifs is 1. The smallest absolute Gasteiger partial charge is 0.233 e. The van der Waals surface area contributed by atoms with E-state index in [2.05, 4.69) is 29.3 Å². The Labute approximate surface area is 191 Å². The Balaban J connectivity index is 1.41. The largest absolute Gasteiger partial charge is 0.453 e. The number of furan rings is 1. The zero-order valence-corrected chi connectivity index (χ0v) is 18.9. The van der Waals surface area contributed by atoms with Gasteiger partial charge in [-0.05, 0) is 36.5 Å². The highest BCUT2D eigenvalue weighted by Crippen LogP contribution is 2.30. The predicted octanol–water partition coefficient (Wildman–Crippen LogP) is 5.09. The Bertz CT molecular complexity index is 1180. The van der Waals surface area contributed by atoms with Crippen LogP contribution in [0.1, 0.15) is 25.3 Å². The molecule has 0 spiro atoms. The molecule has 0 atom stereocenters. The van der Waals surface area contributed by atoms with Crippen molar-refractivity contribution in [3.05, 3.63) is 66.2 Å². The van der Waals surface area contributed by atoms with E-state index in [0.717, 1.165) is 47.6 Å². The third-order valence-corrected chi connectivity index (χ3v) is 6.96. The molecule has 2 aromatic carbocycles. The molecule has 1 aliphatic heterocycles. The number of nitrogens with zero attached hydrogens (tertiary/aromatic N) is 4. The average molecular weight is 447 g/mol. The van der Waals surface area contributed by atoms with Crippen molar-refractivity contribution >= 4 is 28.6 Å². The van der Waals surface area contributed by atoms with E-state index in [1.165, 1.54) is 11.8 Å². The molecule has 0 N–H and O–H groups in total. The maximum absolute atomic E-state index is 12.8. The van der Waals surface area contributed by atoms with E-state index in [-0.39, 0.29) is 5.91 Å². The highest BCUT2D eigenvalue weighted by molar-refractivity contribution is 7.99. The van der Waals surface area contributed by atoms with Gasteiger partial charge in [0.25, 0.3) is 0 Å². The number of likely N-dealkylation sites (tertiary alicyclic amines) is 1. The number of hydrogen-bond donors (Lipinski definition) is 0. The number of benzene rings is 2. The second kappa shape index (κ2) is 9.20. The number of carbonyl (C=O) groups excluding carboxylic acids is 1. The Kier molecular flexibility index (Phi) is 5.99. The van der Waals surface area contributed by atoms with Gasteiger partial charge in [-0.1, -0.05) is 67.2 Å². The zero-order valence-electron chi connectivity index (χ0n) is 18.1. The second-order valence-corrected chi connectivity index (χ2v) is 9.32. The van der Waals surface area contributed by atoms with E-state index in [1.54, 1.807) is 0 Å². The molecular weight excluding hydrogens is 420 g/mol. The molecule has 1 saturated heterocycles. The van der Waals surface area contributed by atoms with E-state index in [4.69, 9.17) is 4.42 Å². The van der Waals surface area contributed by atoms with Crippen LogP contribution in [0.2, 0.25) is 0 Å². The summed E-state index contributed by atoms with van der Waals surface area (Å²) < 4.78 is 8.11. The standard InChI is InChI=1S/C25H26N4O2S/c1-18-11-13-28(14-12-18)23(30)17-32-25-27-26-24(29(25)16-19-7-3-2-4-8-19)22-15-20-9-5-6-10-21(20)31-22/h2-10,15,18H,11-14,16-17H2,1H3. The third kappa shape index (κ3) is 4.43. The molecular formula is C25H26N4O2S. The maximum atomic E-state index is 12.8. The van der Waals surface area contributed by atoms with Crippen LogP contribution < -0.4 is 0 Å². The summed E-state index contributed by atoms with van der Waals surface area (Å²) in [6.45, 7) is 4.56. The lowest BCUT2D eigenvalue weighted by molar-refractivity contribution is -0.129. The molecule has 0 unspecified atom stereocenters. The predicted molar refractivity (Wildman–Crippen MR) is 126 cm³/mol. The van der Waals surface area contributed by atoms with E-state index in [0.29, 0.717) is 29.8 Å². The van der Waals surface area contributed by atoms with Crippen molar-refractivity contribution in [2.24, 2.45) is 5.92 Å². The van der Waals surface area contributed by atoms with Crippen molar-refractivity contribution in [2.75, 3.05) is 18.8 Å². The Morgan fingerprint density at radius 1 is 1.06 bits per heavy atom. The molecule has 164 valence electrons. The molecule has 7 heteroatoms. The van der Waals surface area contributed by atoms with Gasteiger partial charge in [0, 0.05) is 18.5 Å². The minimum absolute atomic E-state index is 0.168. The molecule has 5 rings (SSSR count).